The van der Waals surface area contributed by atoms with Crippen LogP contribution in [0.2, 0.25) is 0 Å². The lowest BCUT2D eigenvalue weighted by atomic mass is 10.1. The number of hydrogen-bond donors (Lipinski definition) is 1. The quantitative estimate of drug-likeness (QED) is 0.893. The van der Waals surface area contributed by atoms with Crippen LogP contribution in [0, 0.1) is 0 Å². The highest BCUT2D eigenvalue weighted by molar-refractivity contribution is 9.10. The Balaban J connectivity index is 2.10. The molecule has 0 bridgehead atoms. The predicted octanol–water partition coefficient (Wildman–Crippen LogP) is 3.71. The summed E-state index contributed by atoms with van der Waals surface area (Å²) in [6.07, 6.45) is 3.43. The standard InChI is InChI=1S/C16H20BrN3O/c1-16(2,3)20-10-12-6-4-7-13(17)15(12)21-11-14-18-8-5-9-19-14/h4-9,20H,10-11H2,1-3H3. The van der Waals surface area contributed by atoms with Gasteiger partial charge < -0.3 is 10.1 Å². The maximum atomic E-state index is 5.91. The molecule has 1 heterocycles. The number of aromatic nitrogens is 2. The van der Waals surface area contributed by atoms with E-state index in [0.29, 0.717) is 12.4 Å². The molecule has 0 atom stereocenters. The monoisotopic (exact) mass is 349 g/mol. The molecule has 0 aliphatic carbocycles. The lowest BCUT2D eigenvalue weighted by Gasteiger charge is -2.22. The fourth-order valence-corrected chi connectivity index (χ4v) is 2.28. The van der Waals surface area contributed by atoms with Crippen LogP contribution in [0.4, 0.5) is 0 Å². The van der Waals surface area contributed by atoms with Crippen LogP contribution in [0.1, 0.15) is 32.2 Å². The van der Waals surface area contributed by atoms with E-state index in [9.17, 15) is 0 Å². The normalized spacial score (nSPS) is 11.4. The summed E-state index contributed by atoms with van der Waals surface area (Å²) in [5, 5.41) is 3.47. The number of para-hydroxylation sites is 1. The maximum absolute atomic E-state index is 5.91. The van der Waals surface area contributed by atoms with Crippen LogP contribution in [-0.4, -0.2) is 15.5 Å². The van der Waals surface area contributed by atoms with E-state index in [2.05, 4.69) is 58.1 Å². The van der Waals surface area contributed by atoms with Crippen LogP contribution >= 0.6 is 15.9 Å². The Labute approximate surface area is 134 Å². The summed E-state index contributed by atoms with van der Waals surface area (Å²) >= 11 is 3.55. The number of benzene rings is 1. The van der Waals surface area contributed by atoms with E-state index in [0.717, 1.165) is 22.3 Å². The van der Waals surface area contributed by atoms with Gasteiger partial charge in [0, 0.05) is 30.0 Å². The molecule has 2 aromatic rings. The van der Waals surface area contributed by atoms with Gasteiger partial charge in [0.05, 0.1) is 4.47 Å². The smallest absolute Gasteiger partial charge is 0.166 e. The molecule has 4 nitrogen and oxygen atoms in total. The molecule has 1 N–H and O–H groups in total. The topological polar surface area (TPSA) is 47.0 Å². The molecule has 0 amide bonds. The Morgan fingerprint density at radius 3 is 2.52 bits per heavy atom. The van der Waals surface area contributed by atoms with E-state index >= 15 is 0 Å². The summed E-state index contributed by atoms with van der Waals surface area (Å²) < 4.78 is 6.84. The molecule has 0 fully saturated rings. The summed E-state index contributed by atoms with van der Waals surface area (Å²) in [5.74, 6) is 1.50. The summed E-state index contributed by atoms with van der Waals surface area (Å²) in [6.45, 7) is 7.52. The van der Waals surface area contributed by atoms with Crippen molar-refractivity contribution in [2.24, 2.45) is 0 Å². The molecule has 0 saturated carbocycles. The van der Waals surface area contributed by atoms with E-state index in [4.69, 9.17) is 4.74 Å². The first kappa shape index (κ1) is 15.9. The Kier molecular flexibility index (Phi) is 5.31. The van der Waals surface area contributed by atoms with Crippen molar-refractivity contribution < 1.29 is 4.74 Å². The van der Waals surface area contributed by atoms with Crippen molar-refractivity contribution in [1.29, 1.82) is 0 Å². The number of nitrogens with one attached hydrogen (secondary N) is 1. The number of ether oxygens (including phenoxy) is 1. The van der Waals surface area contributed by atoms with Crippen molar-refractivity contribution >= 4 is 15.9 Å². The number of nitrogens with zero attached hydrogens (tertiary/aromatic N) is 2. The fourth-order valence-electron chi connectivity index (χ4n) is 1.76. The summed E-state index contributed by atoms with van der Waals surface area (Å²) in [4.78, 5) is 8.34. The van der Waals surface area contributed by atoms with Gasteiger partial charge in [0.2, 0.25) is 0 Å². The van der Waals surface area contributed by atoms with Crippen LogP contribution in [-0.2, 0) is 13.2 Å². The van der Waals surface area contributed by atoms with Crippen LogP contribution in [0.15, 0.2) is 41.1 Å². The highest BCUT2D eigenvalue weighted by atomic mass is 79.9. The maximum Gasteiger partial charge on any atom is 0.166 e. The molecular formula is C16H20BrN3O. The highest BCUT2D eigenvalue weighted by Gasteiger charge is 2.13. The Morgan fingerprint density at radius 2 is 1.86 bits per heavy atom. The molecule has 5 heteroatoms. The van der Waals surface area contributed by atoms with E-state index in [1.165, 1.54) is 0 Å². The minimum Gasteiger partial charge on any atom is -0.484 e. The number of halogens is 1. The van der Waals surface area contributed by atoms with Crippen LogP contribution < -0.4 is 10.1 Å². The molecule has 21 heavy (non-hydrogen) atoms. The van der Waals surface area contributed by atoms with Gasteiger partial charge in [0.25, 0.3) is 0 Å². The average Bonchev–Trinajstić information content (AvgIpc) is 2.44. The zero-order chi connectivity index (χ0) is 15.3. The second kappa shape index (κ2) is 7.00. The Bertz CT molecular complexity index is 582. The molecule has 0 aliphatic heterocycles. The molecular weight excluding hydrogens is 330 g/mol. The first-order valence-electron chi connectivity index (χ1n) is 6.87. The first-order valence-corrected chi connectivity index (χ1v) is 7.66. The Morgan fingerprint density at radius 1 is 1.14 bits per heavy atom. The van der Waals surface area contributed by atoms with E-state index < -0.39 is 0 Å². The van der Waals surface area contributed by atoms with Crippen molar-refractivity contribution in [3.05, 3.63) is 52.5 Å². The molecule has 1 aromatic heterocycles. The van der Waals surface area contributed by atoms with Gasteiger partial charge in [-0.3, -0.25) is 0 Å². The third-order valence-corrected chi connectivity index (χ3v) is 3.45. The molecule has 1 aromatic carbocycles. The molecule has 0 spiro atoms. The molecule has 112 valence electrons. The van der Waals surface area contributed by atoms with Gasteiger partial charge >= 0.3 is 0 Å². The van der Waals surface area contributed by atoms with Gasteiger partial charge in [-0.25, -0.2) is 9.97 Å². The van der Waals surface area contributed by atoms with Crippen molar-refractivity contribution in [3.8, 4) is 5.75 Å². The number of hydrogen-bond acceptors (Lipinski definition) is 4. The van der Waals surface area contributed by atoms with Gasteiger partial charge in [-0.15, -0.1) is 0 Å². The highest BCUT2D eigenvalue weighted by Crippen LogP contribution is 2.30. The third kappa shape index (κ3) is 5.10. The molecule has 0 saturated heterocycles. The average molecular weight is 350 g/mol. The Hall–Kier alpha value is -1.46. The summed E-state index contributed by atoms with van der Waals surface area (Å²) in [6, 6.07) is 7.84. The fraction of sp³-hybridized carbons (Fsp3) is 0.375. The molecule has 0 radical (unpaired) electrons. The van der Waals surface area contributed by atoms with Crippen LogP contribution in [0.3, 0.4) is 0 Å². The molecule has 0 unspecified atom stereocenters. The largest absolute Gasteiger partial charge is 0.484 e. The predicted molar refractivity (Wildman–Crippen MR) is 87.1 cm³/mol. The van der Waals surface area contributed by atoms with Gasteiger partial charge in [-0.05, 0) is 48.8 Å². The first-order chi connectivity index (χ1) is 9.96. The lowest BCUT2D eigenvalue weighted by molar-refractivity contribution is 0.288. The molecule has 2 rings (SSSR count). The van der Waals surface area contributed by atoms with Crippen molar-refractivity contribution in [1.82, 2.24) is 15.3 Å². The van der Waals surface area contributed by atoms with E-state index in [1.54, 1.807) is 18.5 Å². The second-order valence-corrected chi connectivity index (χ2v) is 6.64. The van der Waals surface area contributed by atoms with Crippen LogP contribution in [0.25, 0.3) is 0 Å². The summed E-state index contributed by atoms with van der Waals surface area (Å²) in [7, 11) is 0. The van der Waals surface area contributed by atoms with E-state index in [1.807, 2.05) is 12.1 Å². The van der Waals surface area contributed by atoms with Crippen molar-refractivity contribution in [2.75, 3.05) is 0 Å². The van der Waals surface area contributed by atoms with Crippen LogP contribution in [0.5, 0.6) is 5.75 Å². The van der Waals surface area contributed by atoms with Crippen molar-refractivity contribution in [2.45, 2.75) is 39.5 Å². The minimum atomic E-state index is 0.0577. The van der Waals surface area contributed by atoms with Crippen molar-refractivity contribution in [3.63, 3.8) is 0 Å². The van der Waals surface area contributed by atoms with E-state index in [-0.39, 0.29) is 5.54 Å². The molecule has 0 aliphatic rings. The van der Waals surface area contributed by atoms with Gasteiger partial charge in [0.1, 0.15) is 12.4 Å². The zero-order valence-corrected chi connectivity index (χ0v) is 14.1. The van der Waals surface area contributed by atoms with Gasteiger partial charge in [-0.2, -0.15) is 0 Å². The third-order valence-electron chi connectivity index (χ3n) is 2.82. The van der Waals surface area contributed by atoms with Gasteiger partial charge in [-0.1, -0.05) is 12.1 Å². The second-order valence-electron chi connectivity index (χ2n) is 5.79. The minimum absolute atomic E-state index is 0.0577. The SMILES string of the molecule is CC(C)(C)NCc1cccc(Br)c1OCc1ncccn1. The zero-order valence-electron chi connectivity index (χ0n) is 12.6. The summed E-state index contributed by atoms with van der Waals surface area (Å²) in [5.41, 5.74) is 1.16. The van der Waals surface area contributed by atoms with Gasteiger partial charge in [0.15, 0.2) is 5.82 Å². The number of rotatable bonds is 5. The lowest BCUT2D eigenvalue weighted by Crippen LogP contribution is -2.35.